The van der Waals surface area contributed by atoms with Crippen LogP contribution in [0.5, 0.6) is 0 Å². The molecular weight excluding hydrogens is 336 g/mol. The zero-order chi connectivity index (χ0) is 17.7. The molecule has 6 nitrogen and oxygen atoms in total. The minimum absolute atomic E-state index is 0.0211. The van der Waals surface area contributed by atoms with Crippen molar-refractivity contribution < 1.29 is 8.42 Å². The van der Waals surface area contributed by atoms with E-state index in [2.05, 4.69) is 10.3 Å². The molecule has 3 rings (SSSR count). The molecule has 1 atom stereocenters. The number of hydrogen-bond donors (Lipinski definition) is 2. The Morgan fingerprint density at radius 2 is 2.12 bits per heavy atom. The van der Waals surface area contributed by atoms with Gasteiger partial charge in [0, 0.05) is 36.9 Å². The highest BCUT2D eigenvalue weighted by Crippen LogP contribution is 2.25. The summed E-state index contributed by atoms with van der Waals surface area (Å²) in [6, 6.07) is 7.09. The van der Waals surface area contributed by atoms with Crippen LogP contribution in [-0.2, 0) is 10.0 Å². The summed E-state index contributed by atoms with van der Waals surface area (Å²) in [4.78, 5) is 4.44. The largest absolute Gasteiger partial charge is 0.330 e. The second-order valence-electron chi connectivity index (χ2n) is 6.50. The lowest BCUT2D eigenvalue weighted by Gasteiger charge is -2.29. The van der Waals surface area contributed by atoms with E-state index >= 15 is 0 Å². The number of unbranched alkanes of at least 4 members (excludes halogenated alkanes) is 1. The van der Waals surface area contributed by atoms with Crippen molar-refractivity contribution in [1.29, 1.82) is 0 Å². The van der Waals surface area contributed by atoms with Crippen molar-refractivity contribution in [3.63, 3.8) is 0 Å². The molecule has 0 unspecified atom stereocenters. The van der Waals surface area contributed by atoms with Crippen molar-refractivity contribution in [3.8, 4) is 0 Å². The molecule has 1 saturated heterocycles. The van der Waals surface area contributed by atoms with E-state index in [1.807, 2.05) is 12.1 Å². The molecule has 1 aliphatic rings. The number of aromatic nitrogens is 1. The topological polar surface area (TPSA) is 88.3 Å². The molecule has 1 aromatic heterocycles. The third-order valence-corrected chi connectivity index (χ3v) is 6.68. The Labute approximate surface area is 149 Å². The van der Waals surface area contributed by atoms with Crippen LogP contribution in [-0.4, -0.2) is 49.9 Å². The summed E-state index contributed by atoms with van der Waals surface area (Å²) in [5, 5.41) is 5.20. The molecule has 2 heterocycles. The molecule has 0 aliphatic carbocycles. The first kappa shape index (κ1) is 18.3. The molecule has 1 aliphatic heterocycles. The van der Waals surface area contributed by atoms with Crippen LogP contribution in [0.2, 0.25) is 0 Å². The Bertz CT molecular complexity index is 810. The number of sulfonamides is 1. The van der Waals surface area contributed by atoms with E-state index in [1.165, 1.54) is 0 Å². The lowest BCUT2D eigenvalue weighted by molar-refractivity contribution is 0.312. The summed E-state index contributed by atoms with van der Waals surface area (Å²) in [5.74, 6) is 0. The number of nitrogens with zero attached hydrogens (tertiary/aromatic N) is 2. The highest BCUT2D eigenvalue weighted by atomic mass is 32.2. The quantitative estimate of drug-likeness (QED) is 0.764. The number of rotatable bonds is 6. The van der Waals surface area contributed by atoms with Crippen molar-refractivity contribution in [2.24, 2.45) is 5.73 Å². The summed E-state index contributed by atoms with van der Waals surface area (Å²) in [5.41, 5.74) is 5.59. The summed E-state index contributed by atoms with van der Waals surface area (Å²) in [7, 11) is -3.52. The Balaban J connectivity index is 1.90. The number of hydrogen-bond acceptors (Lipinski definition) is 5. The smallest absolute Gasteiger partial charge is 0.243 e. The van der Waals surface area contributed by atoms with E-state index in [4.69, 9.17) is 5.73 Å². The fourth-order valence-electron chi connectivity index (χ4n) is 3.36. The molecule has 2 aromatic rings. The van der Waals surface area contributed by atoms with Gasteiger partial charge in [0.15, 0.2) is 0 Å². The van der Waals surface area contributed by atoms with Crippen molar-refractivity contribution in [3.05, 3.63) is 36.7 Å². The number of benzene rings is 1. The zero-order valence-electron chi connectivity index (χ0n) is 14.4. The van der Waals surface area contributed by atoms with E-state index in [1.54, 1.807) is 28.8 Å². The van der Waals surface area contributed by atoms with Gasteiger partial charge >= 0.3 is 0 Å². The van der Waals surface area contributed by atoms with Crippen LogP contribution < -0.4 is 11.1 Å². The maximum absolute atomic E-state index is 13.3. The van der Waals surface area contributed by atoms with Gasteiger partial charge in [-0.2, -0.15) is 4.31 Å². The Morgan fingerprint density at radius 1 is 1.24 bits per heavy atom. The van der Waals surface area contributed by atoms with Gasteiger partial charge in [0.25, 0.3) is 0 Å². The molecule has 0 spiro atoms. The SMILES string of the molecule is NCCCC[C@H]1CNCCCN1S(=O)(=O)c1ccc2cnccc2c1. The molecule has 0 radical (unpaired) electrons. The van der Waals surface area contributed by atoms with Crippen LogP contribution in [0.4, 0.5) is 0 Å². The zero-order valence-corrected chi connectivity index (χ0v) is 15.2. The molecule has 7 heteroatoms. The second kappa shape index (κ2) is 8.23. The van der Waals surface area contributed by atoms with Crippen LogP contribution in [0.25, 0.3) is 10.8 Å². The third kappa shape index (κ3) is 4.17. The average molecular weight is 362 g/mol. The molecule has 3 N–H and O–H groups in total. The summed E-state index contributed by atoms with van der Waals surface area (Å²) in [6.45, 7) is 2.74. The Hall–Kier alpha value is -1.54. The van der Waals surface area contributed by atoms with Crippen molar-refractivity contribution >= 4 is 20.8 Å². The predicted molar refractivity (Wildman–Crippen MR) is 99.8 cm³/mol. The number of pyridine rings is 1. The van der Waals surface area contributed by atoms with E-state index < -0.39 is 10.0 Å². The fraction of sp³-hybridized carbons (Fsp3) is 0.500. The van der Waals surface area contributed by atoms with Gasteiger partial charge in [-0.15, -0.1) is 0 Å². The van der Waals surface area contributed by atoms with Gasteiger partial charge in [-0.1, -0.05) is 12.5 Å². The average Bonchev–Trinajstić information content (AvgIpc) is 2.87. The first-order chi connectivity index (χ1) is 12.1. The maximum Gasteiger partial charge on any atom is 0.243 e. The van der Waals surface area contributed by atoms with Crippen LogP contribution in [0.3, 0.4) is 0 Å². The predicted octanol–water partition coefficient (Wildman–Crippen LogP) is 1.72. The van der Waals surface area contributed by atoms with E-state index in [9.17, 15) is 8.42 Å². The minimum Gasteiger partial charge on any atom is -0.330 e. The van der Waals surface area contributed by atoms with Gasteiger partial charge < -0.3 is 11.1 Å². The first-order valence-electron chi connectivity index (χ1n) is 8.89. The number of nitrogens with one attached hydrogen (secondary N) is 1. The highest BCUT2D eigenvalue weighted by Gasteiger charge is 2.32. The molecule has 0 saturated carbocycles. The molecule has 1 aromatic carbocycles. The maximum atomic E-state index is 13.3. The first-order valence-corrected chi connectivity index (χ1v) is 10.3. The van der Waals surface area contributed by atoms with Gasteiger partial charge in [0.05, 0.1) is 4.90 Å². The second-order valence-corrected chi connectivity index (χ2v) is 8.39. The molecule has 0 amide bonds. The molecule has 0 bridgehead atoms. The van der Waals surface area contributed by atoms with Crippen molar-refractivity contribution in [2.45, 2.75) is 36.6 Å². The lowest BCUT2D eigenvalue weighted by Crippen LogP contribution is -2.43. The summed E-state index contributed by atoms with van der Waals surface area (Å²) >= 11 is 0. The van der Waals surface area contributed by atoms with Crippen LogP contribution in [0, 0.1) is 0 Å². The molecule has 136 valence electrons. The fourth-order valence-corrected chi connectivity index (χ4v) is 5.09. The van der Waals surface area contributed by atoms with Gasteiger partial charge in [0.1, 0.15) is 0 Å². The van der Waals surface area contributed by atoms with Gasteiger partial charge in [-0.05, 0) is 55.9 Å². The van der Waals surface area contributed by atoms with Crippen LogP contribution in [0.1, 0.15) is 25.7 Å². The van der Waals surface area contributed by atoms with Crippen molar-refractivity contribution in [1.82, 2.24) is 14.6 Å². The summed E-state index contributed by atoms with van der Waals surface area (Å²) in [6.07, 6.45) is 6.96. The molecular formula is C18H26N4O2S. The Morgan fingerprint density at radius 3 is 2.96 bits per heavy atom. The number of fused-ring (bicyclic) bond motifs is 1. The molecule has 1 fully saturated rings. The normalized spacial score (nSPS) is 19.8. The van der Waals surface area contributed by atoms with Gasteiger partial charge in [-0.3, -0.25) is 4.98 Å². The summed E-state index contributed by atoms with van der Waals surface area (Å²) < 4.78 is 28.3. The Kier molecular flexibility index (Phi) is 6.01. The third-order valence-electron chi connectivity index (χ3n) is 4.73. The van der Waals surface area contributed by atoms with E-state index in [0.717, 1.165) is 43.0 Å². The van der Waals surface area contributed by atoms with Crippen LogP contribution >= 0.6 is 0 Å². The van der Waals surface area contributed by atoms with Gasteiger partial charge in [-0.25, -0.2) is 8.42 Å². The molecule has 25 heavy (non-hydrogen) atoms. The van der Waals surface area contributed by atoms with Crippen LogP contribution in [0.15, 0.2) is 41.6 Å². The number of nitrogens with two attached hydrogens (primary N) is 1. The van der Waals surface area contributed by atoms with E-state index in [-0.39, 0.29) is 6.04 Å². The van der Waals surface area contributed by atoms with Crippen molar-refractivity contribution in [2.75, 3.05) is 26.2 Å². The monoisotopic (exact) mass is 362 g/mol. The van der Waals surface area contributed by atoms with Gasteiger partial charge in [0.2, 0.25) is 10.0 Å². The highest BCUT2D eigenvalue weighted by molar-refractivity contribution is 7.89. The minimum atomic E-state index is -3.52. The standard InChI is InChI=1S/C18H26N4O2S/c19-8-2-1-4-17-14-20-9-3-11-22(17)25(23,24)18-6-5-16-13-21-10-7-15(16)12-18/h5-7,10,12-13,17,20H,1-4,8-9,11,14,19H2/t17-/m0/s1. The lowest BCUT2D eigenvalue weighted by atomic mass is 10.1. The van der Waals surface area contributed by atoms with E-state index in [0.29, 0.717) is 24.5 Å².